The Hall–Kier alpha value is -3.09. The standard InChI is InChI=1S/C31H37F3N2O2/c1-4-29(37)36-16-15-30(3,21-36)19-23-9-8-12-26(17-23)22(2)35-38-20-24-13-14-27(25-10-6-5-7-11-25)28(18-24)31(32,33)34/h4,8-9,12-14,17-18,25H,1,5-7,10-11,15-16,19-21H2,2-3H3/b35-22+. The molecule has 2 aliphatic rings. The van der Waals surface area contributed by atoms with E-state index in [2.05, 4.69) is 30.8 Å². The molecule has 0 spiro atoms. The lowest BCUT2D eigenvalue weighted by Crippen LogP contribution is -2.30. The lowest BCUT2D eigenvalue weighted by atomic mass is 9.81. The third-order valence-electron chi connectivity index (χ3n) is 7.92. The molecule has 1 aliphatic carbocycles. The first kappa shape index (κ1) is 27.9. The first-order chi connectivity index (χ1) is 18.1. The van der Waals surface area contributed by atoms with Gasteiger partial charge in [0.2, 0.25) is 5.91 Å². The molecular weight excluding hydrogens is 489 g/mol. The van der Waals surface area contributed by atoms with Crippen LogP contribution in [0, 0.1) is 5.41 Å². The number of carbonyl (C=O) groups is 1. The molecule has 1 amide bonds. The van der Waals surface area contributed by atoms with Crippen LogP contribution < -0.4 is 0 Å². The Morgan fingerprint density at radius 1 is 1.16 bits per heavy atom. The summed E-state index contributed by atoms with van der Waals surface area (Å²) in [7, 11) is 0. The monoisotopic (exact) mass is 526 g/mol. The molecule has 2 aromatic carbocycles. The molecule has 38 heavy (non-hydrogen) atoms. The van der Waals surface area contributed by atoms with Gasteiger partial charge < -0.3 is 9.74 Å². The van der Waals surface area contributed by atoms with E-state index in [1.165, 1.54) is 12.1 Å². The lowest BCUT2D eigenvalue weighted by Gasteiger charge is -2.25. The zero-order chi connectivity index (χ0) is 27.3. The average molecular weight is 527 g/mol. The van der Waals surface area contributed by atoms with E-state index in [0.717, 1.165) is 62.6 Å². The van der Waals surface area contributed by atoms with Gasteiger partial charge in [-0.3, -0.25) is 4.79 Å². The first-order valence-corrected chi connectivity index (χ1v) is 13.5. The van der Waals surface area contributed by atoms with E-state index >= 15 is 0 Å². The predicted molar refractivity (Wildman–Crippen MR) is 144 cm³/mol. The smallest absolute Gasteiger partial charge is 0.391 e. The largest absolute Gasteiger partial charge is 0.416 e. The quantitative estimate of drug-likeness (QED) is 0.201. The van der Waals surface area contributed by atoms with Crippen LogP contribution in [0.15, 0.2) is 60.3 Å². The number of nitrogens with zero attached hydrogens (tertiary/aromatic N) is 2. The van der Waals surface area contributed by atoms with E-state index in [1.807, 2.05) is 24.0 Å². The molecule has 0 aromatic heterocycles. The highest BCUT2D eigenvalue weighted by atomic mass is 19.4. The van der Waals surface area contributed by atoms with Crippen LogP contribution in [0.25, 0.3) is 0 Å². The number of likely N-dealkylation sites (tertiary alicyclic amines) is 1. The summed E-state index contributed by atoms with van der Waals surface area (Å²) < 4.78 is 41.6. The number of hydrogen-bond donors (Lipinski definition) is 0. The van der Waals surface area contributed by atoms with Crippen LogP contribution in [-0.4, -0.2) is 29.6 Å². The first-order valence-electron chi connectivity index (χ1n) is 13.5. The summed E-state index contributed by atoms with van der Waals surface area (Å²) in [6.07, 6.45) is 3.39. The van der Waals surface area contributed by atoms with Crippen LogP contribution in [0.4, 0.5) is 13.2 Å². The normalized spacial score (nSPS) is 21.0. The fraction of sp³-hybridized carbons (Fsp3) is 0.484. The van der Waals surface area contributed by atoms with Gasteiger partial charge in [0, 0.05) is 13.1 Å². The molecule has 0 bridgehead atoms. The van der Waals surface area contributed by atoms with E-state index in [0.29, 0.717) is 23.4 Å². The Balaban J connectivity index is 1.41. The number of rotatable bonds is 8. The zero-order valence-electron chi connectivity index (χ0n) is 22.3. The van der Waals surface area contributed by atoms with Gasteiger partial charge in [-0.25, -0.2) is 0 Å². The number of benzene rings is 2. The Bertz CT molecular complexity index is 1180. The maximum absolute atomic E-state index is 13.9. The average Bonchev–Trinajstić information content (AvgIpc) is 3.29. The molecule has 1 atom stereocenters. The van der Waals surface area contributed by atoms with Crippen LogP contribution in [-0.2, 0) is 28.8 Å². The molecule has 2 fully saturated rings. The van der Waals surface area contributed by atoms with Crippen molar-refractivity contribution in [3.8, 4) is 0 Å². The predicted octanol–water partition coefficient (Wildman–Crippen LogP) is 7.66. The van der Waals surface area contributed by atoms with Crippen molar-refractivity contribution in [3.05, 3.63) is 82.9 Å². The molecule has 1 saturated heterocycles. The molecule has 1 unspecified atom stereocenters. The van der Waals surface area contributed by atoms with Crippen molar-refractivity contribution >= 4 is 11.6 Å². The minimum atomic E-state index is -4.39. The van der Waals surface area contributed by atoms with Crippen LogP contribution in [0.3, 0.4) is 0 Å². The van der Waals surface area contributed by atoms with E-state index in [1.54, 1.807) is 12.1 Å². The van der Waals surface area contributed by atoms with Gasteiger partial charge in [-0.15, -0.1) is 0 Å². The van der Waals surface area contributed by atoms with E-state index in [-0.39, 0.29) is 23.8 Å². The SMILES string of the molecule is C=CC(=O)N1CCC(C)(Cc2cccc(/C(C)=N/OCc3ccc(C4CCCCC4)c(C(F)(F)F)c3)c2)C1. The molecule has 1 saturated carbocycles. The summed E-state index contributed by atoms with van der Waals surface area (Å²) in [6, 6.07) is 12.6. The van der Waals surface area contributed by atoms with Gasteiger partial charge in [-0.1, -0.05) is 68.3 Å². The number of hydrogen-bond acceptors (Lipinski definition) is 3. The highest BCUT2D eigenvalue weighted by molar-refractivity contribution is 5.98. The van der Waals surface area contributed by atoms with Crippen LogP contribution in [0.1, 0.15) is 86.1 Å². The molecule has 204 valence electrons. The van der Waals surface area contributed by atoms with Gasteiger partial charge in [0.15, 0.2) is 0 Å². The van der Waals surface area contributed by atoms with Gasteiger partial charge in [-0.05, 0) is 84.4 Å². The fourth-order valence-corrected chi connectivity index (χ4v) is 5.85. The third kappa shape index (κ3) is 6.86. The van der Waals surface area contributed by atoms with Crippen molar-refractivity contribution in [2.24, 2.45) is 10.6 Å². The van der Waals surface area contributed by atoms with Crippen LogP contribution >= 0.6 is 0 Å². The summed E-state index contributed by atoms with van der Waals surface area (Å²) in [4.78, 5) is 19.3. The molecule has 1 heterocycles. The van der Waals surface area contributed by atoms with Gasteiger partial charge in [0.25, 0.3) is 0 Å². The number of amides is 1. The number of alkyl halides is 3. The van der Waals surface area contributed by atoms with E-state index < -0.39 is 11.7 Å². The highest BCUT2D eigenvalue weighted by Gasteiger charge is 2.36. The molecule has 1 aliphatic heterocycles. The van der Waals surface area contributed by atoms with Crippen molar-refractivity contribution in [3.63, 3.8) is 0 Å². The second kappa shape index (κ2) is 11.7. The van der Waals surface area contributed by atoms with Gasteiger partial charge in [-0.2, -0.15) is 13.2 Å². The summed E-state index contributed by atoms with van der Waals surface area (Å²) >= 11 is 0. The maximum Gasteiger partial charge on any atom is 0.416 e. The zero-order valence-corrected chi connectivity index (χ0v) is 22.3. The Morgan fingerprint density at radius 3 is 2.63 bits per heavy atom. The maximum atomic E-state index is 13.9. The lowest BCUT2D eigenvalue weighted by molar-refractivity contribution is -0.138. The molecule has 2 aromatic rings. The highest BCUT2D eigenvalue weighted by Crippen LogP contribution is 2.41. The minimum absolute atomic E-state index is 0.0151. The van der Waals surface area contributed by atoms with Crippen molar-refractivity contribution in [1.82, 2.24) is 4.90 Å². The Labute approximate surface area is 223 Å². The molecule has 0 N–H and O–H groups in total. The van der Waals surface area contributed by atoms with Crippen molar-refractivity contribution in [1.29, 1.82) is 0 Å². The van der Waals surface area contributed by atoms with Crippen LogP contribution in [0.5, 0.6) is 0 Å². The molecule has 4 nitrogen and oxygen atoms in total. The van der Waals surface area contributed by atoms with Crippen molar-refractivity contribution in [2.45, 2.75) is 77.5 Å². The van der Waals surface area contributed by atoms with Crippen molar-refractivity contribution in [2.75, 3.05) is 13.1 Å². The summed E-state index contributed by atoms with van der Waals surface area (Å²) in [6.45, 7) is 8.99. The number of carbonyl (C=O) groups excluding carboxylic acids is 1. The second-order valence-electron chi connectivity index (χ2n) is 11.1. The Morgan fingerprint density at radius 2 is 1.92 bits per heavy atom. The van der Waals surface area contributed by atoms with E-state index in [9.17, 15) is 18.0 Å². The molecular formula is C31H37F3N2O2. The number of oxime groups is 1. The minimum Gasteiger partial charge on any atom is -0.391 e. The van der Waals surface area contributed by atoms with Gasteiger partial charge >= 0.3 is 6.18 Å². The molecule has 7 heteroatoms. The Kier molecular flexibility index (Phi) is 8.64. The number of halogens is 3. The van der Waals surface area contributed by atoms with Crippen LogP contribution in [0.2, 0.25) is 0 Å². The second-order valence-corrected chi connectivity index (χ2v) is 11.1. The summed E-state index contributed by atoms with van der Waals surface area (Å²) in [5, 5.41) is 4.20. The summed E-state index contributed by atoms with van der Waals surface area (Å²) in [5.74, 6) is -0.0616. The van der Waals surface area contributed by atoms with E-state index in [4.69, 9.17) is 4.84 Å². The van der Waals surface area contributed by atoms with Crippen molar-refractivity contribution < 1.29 is 22.8 Å². The van der Waals surface area contributed by atoms with Gasteiger partial charge in [0.05, 0.1) is 11.3 Å². The fourth-order valence-electron chi connectivity index (χ4n) is 5.85. The summed E-state index contributed by atoms with van der Waals surface area (Å²) in [5.41, 5.74) is 2.99. The van der Waals surface area contributed by atoms with Gasteiger partial charge in [0.1, 0.15) is 6.61 Å². The topological polar surface area (TPSA) is 41.9 Å². The molecule has 0 radical (unpaired) electrons. The molecule has 4 rings (SSSR count). The third-order valence-corrected chi connectivity index (χ3v) is 7.92.